The molecule has 0 radical (unpaired) electrons. The van der Waals surface area contributed by atoms with Crippen LogP contribution in [0.25, 0.3) is 0 Å². The van der Waals surface area contributed by atoms with Crippen molar-refractivity contribution in [3.63, 3.8) is 0 Å². The van der Waals surface area contributed by atoms with Gasteiger partial charge in [-0.25, -0.2) is 4.98 Å². The van der Waals surface area contributed by atoms with Gasteiger partial charge >= 0.3 is 0 Å². The second-order valence-electron chi connectivity index (χ2n) is 5.75. The van der Waals surface area contributed by atoms with E-state index in [1.54, 1.807) is 6.07 Å². The lowest BCUT2D eigenvalue weighted by atomic mass is 10.2. The standard InChI is InChI=1S/C14H20ClN3/c15-12-5-6-14(16)17-13(12)9-18(7-10-1-2-10)8-11-3-4-11/h5-6,10-11H,1-4,7-9H2,(H2,16,17). The third-order valence-corrected chi connectivity index (χ3v) is 4.08. The minimum absolute atomic E-state index is 0.562. The molecule has 1 aromatic heterocycles. The molecular weight excluding hydrogens is 246 g/mol. The Morgan fingerprint density at radius 1 is 1.17 bits per heavy atom. The monoisotopic (exact) mass is 265 g/mol. The molecule has 3 nitrogen and oxygen atoms in total. The molecule has 0 aromatic carbocycles. The Labute approximate surface area is 113 Å². The second kappa shape index (κ2) is 5.06. The summed E-state index contributed by atoms with van der Waals surface area (Å²) in [5, 5.41) is 0.737. The smallest absolute Gasteiger partial charge is 0.123 e. The summed E-state index contributed by atoms with van der Waals surface area (Å²) in [6.07, 6.45) is 5.55. The predicted octanol–water partition coefficient (Wildman–Crippen LogP) is 2.94. The zero-order valence-corrected chi connectivity index (χ0v) is 11.4. The van der Waals surface area contributed by atoms with Crippen LogP contribution < -0.4 is 5.73 Å². The van der Waals surface area contributed by atoms with E-state index >= 15 is 0 Å². The summed E-state index contributed by atoms with van der Waals surface area (Å²) < 4.78 is 0. The first-order valence-corrected chi connectivity index (χ1v) is 7.22. The van der Waals surface area contributed by atoms with Crippen molar-refractivity contribution in [2.45, 2.75) is 32.2 Å². The van der Waals surface area contributed by atoms with Crippen molar-refractivity contribution in [2.24, 2.45) is 11.8 Å². The number of hydrogen-bond donors (Lipinski definition) is 1. The SMILES string of the molecule is Nc1ccc(Cl)c(CN(CC2CC2)CC2CC2)n1. The van der Waals surface area contributed by atoms with Gasteiger partial charge in [0.25, 0.3) is 0 Å². The Hall–Kier alpha value is -0.800. The van der Waals surface area contributed by atoms with Gasteiger partial charge in [-0.3, -0.25) is 4.90 Å². The molecule has 1 heterocycles. The van der Waals surface area contributed by atoms with Gasteiger partial charge in [-0.15, -0.1) is 0 Å². The van der Waals surface area contributed by atoms with Gasteiger partial charge in [-0.1, -0.05) is 11.6 Å². The number of halogens is 1. The predicted molar refractivity (Wildman–Crippen MR) is 74.4 cm³/mol. The van der Waals surface area contributed by atoms with E-state index in [9.17, 15) is 0 Å². The Balaban J connectivity index is 1.66. The first-order chi connectivity index (χ1) is 8.70. The molecule has 0 atom stereocenters. The molecule has 0 bridgehead atoms. The summed E-state index contributed by atoms with van der Waals surface area (Å²) in [5.74, 6) is 2.37. The van der Waals surface area contributed by atoms with Crippen molar-refractivity contribution in [3.8, 4) is 0 Å². The highest BCUT2D eigenvalue weighted by atomic mass is 35.5. The summed E-state index contributed by atoms with van der Waals surface area (Å²) in [5.41, 5.74) is 6.67. The topological polar surface area (TPSA) is 42.1 Å². The van der Waals surface area contributed by atoms with Gasteiger partial charge in [0.2, 0.25) is 0 Å². The number of pyridine rings is 1. The third-order valence-electron chi connectivity index (χ3n) is 3.74. The van der Waals surface area contributed by atoms with Crippen LogP contribution in [0.5, 0.6) is 0 Å². The van der Waals surface area contributed by atoms with E-state index in [1.165, 1.54) is 38.8 Å². The summed E-state index contributed by atoms with van der Waals surface area (Å²) in [6.45, 7) is 3.24. The minimum Gasteiger partial charge on any atom is -0.384 e. The fourth-order valence-corrected chi connectivity index (χ4v) is 2.52. The van der Waals surface area contributed by atoms with Gasteiger partial charge in [0.1, 0.15) is 5.82 Å². The Bertz CT molecular complexity index is 413. The van der Waals surface area contributed by atoms with Crippen molar-refractivity contribution in [1.29, 1.82) is 0 Å². The number of aromatic nitrogens is 1. The quantitative estimate of drug-likeness (QED) is 0.860. The molecular formula is C14H20ClN3. The minimum atomic E-state index is 0.562. The average molecular weight is 266 g/mol. The fraction of sp³-hybridized carbons (Fsp3) is 0.643. The first kappa shape index (κ1) is 12.2. The summed E-state index contributed by atoms with van der Waals surface area (Å²) in [6, 6.07) is 3.61. The highest BCUT2D eigenvalue weighted by Crippen LogP contribution is 2.34. The Kier molecular flexibility index (Phi) is 3.44. The second-order valence-corrected chi connectivity index (χ2v) is 6.15. The van der Waals surface area contributed by atoms with Gasteiger partial charge in [0.05, 0.1) is 10.7 Å². The summed E-state index contributed by atoms with van der Waals surface area (Å²) in [7, 11) is 0. The number of nitrogens with two attached hydrogens (primary N) is 1. The molecule has 2 aliphatic carbocycles. The maximum absolute atomic E-state index is 6.20. The zero-order chi connectivity index (χ0) is 12.5. The molecule has 3 rings (SSSR count). The Morgan fingerprint density at radius 2 is 1.78 bits per heavy atom. The molecule has 0 saturated heterocycles. The van der Waals surface area contributed by atoms with Crippen LogP contribution in [0.1, 0.15) is 31.4 Å². The van der Waals surface area contributed by atoms with Crippen LogP contribution in [0.2, 0.25) is 5.02 Å². The molecule has 4 heteroatoms. The number of hydrogen-bond acceptors (Lipinski definition) is 3. The van der Waals surface area contributed by atoms with Crippen LogP contribution in [-0.4, -0.2) is 23.0 Å². The largest absolute Gasteiger partial charge is 0.384 e. The van der Waals surface area contributed by atoms with Gasteiger partial charge in [-0.2, -0.15) is 0 Å². The summed E-state index contributed by atoms with van der Waals surface area (Å²) >= 11 is 6.20. The lowest BCUT2D eigenvalue weighted by Crippen LogP contribution is -2.28. The number of nitrogen functional groups attached to an aromatic ring is 1. The van der Waals surface area contributed by atoms with Crippen molar-refractivity contribution < 1.29 is 0 Å². The van der Waals surface area contributed by atoms with Crippen LogP contribution in [0.4, 0.5) is 5.82 Å². The molecule has 98 valence electrons. The fourth-order valence-electron chi connectivity index (χ4n) is 2.36. The lowest BCUT2D eigenvalue weighted by Gasteiger charge is -2.22. The van der Waals surface area contributed by atoms with E-state index in [0.717, 1.165) is 29.1 Å². The van der Waals surface area contributed by atoms with Crippen LogP contribution in [0.3, 0.4) is 0 Å². The molecule has 0 aliphatic heterocycles. The third kappa shape index (κ3) is 3.36. The van der Waals surface area contributed by atoms with E-state index in [1.807, 2.05) is 6.07 Å². The molecule has 2 aliphatic rings. The average Bonchev–Trinajstić information content (AvgIpc) is 3.19. The maximum Gasteiger partial charge on any atom is 0.123 e. The maximum atomic E-state index is 6.20. The van der Waals surface area contributed by atoms with Crippen molar-refractivity contribution >= 4 is 17.4 Å². The molecule has 2 N–H and O–H groups in total. The summed E-state index contributed by atoms with van der Waals surface area (Å²) in [4.78, 5) is 6.89. The molecule has 1 aromatic rings. The van der Waals surface area contributed by atoms with Gasteiger partial charge in [0, 0.05) is 19.6 Å². The highest BCUT2D eigenvalue weighted by molar-refractivity contribution is 6.31. The molecule has 0 amide bonds. The lowest BCUT2D eigenvalue weighted by molar-refractivity contribution is 0.241. The van der Waals surface area contributed by atoms with Gasteiger partial charge in [-0.05, 0) is 49.7 Å². The molecule has 0 spiro atoms. The molecule has 0 unspecified atom stereocenters. The zero-order valence-electron chi connectivity index (χ0n) is 10.6. The number of nitrogens with zero attached hydrogens (tertiary/aromatic N) is 2. The van der Waals surface area contributed by atoms with E-state index < -0.39 is 0 Å². The number of rotatable bonds is 6. The highest BCUT2D eigenvalue weighted by Gasteiger charge is 2.29. The first-order valence-electron chi connectivity index (χ1n) is 6.84. The molecule has 18 heavy (non-hydrogen) atoms. The van der Waals surface area contributed by atoms with Crippen molar-refractivity contribution in [3.05, 3.63) is 22.8 Å². The van der Waals surface area contributed by atoms with E-state index in [4.69, 9.17) is 17.3 Å². The van der Waals surface area contributed by atoms with E-state index in [2.05, 4.69) is 9.88 Å². The van der Waals surface area contributed by atoms with Crippen LogP contribution in [0.15, 0.2) is 12.1 Å². The normalized spacial score (nSPS) is 19.4. The van der Waals surface area contributed by atoms with E-state index in [-0.39, 0.29) is 0 Å². The molecule has 2 fully saturated rings. The van der Waals surface area contributed by atoms with Gasteiger partial charge in [0.15, 0.2) is 0 Å². The Morgan fingerprint density at radius 3 is 2.33 bits per heavy atom. The molecule has 2 saturated carbocycles. The van der Waals surface area contributed by atoms with Crippen molar-refractivity contribution in [1.82, 2.24) is 9.88 Å². The van der Waals surface area contributed by atoms with Gasteiger partial charge < -0.3 is 5.73 Å². The van der Waals surface area contributed by atoms with Crippen LogP contribution in [0, 0.1) is 11.8 Å². The van der Waals surface area contributed by atoms with Crippen LogP contribution in [-0.2, 0) is 6.54 Å². The van der Waals surface area contributed by atoms with Crippen LogP contribution >= 0.6 is 11.6 Å². The van der Waals surface area contributed by atoms with Crippen molar-refractivity contribution in [2.75, 3.05) is 18.8 Å². The number of anilines is 1. The van der Waals surface area contributed by atoms with E-state index in [0.29, 0.717) is 5.82 Å².